The van der Waals surface area contributed by atoms with Gasteiger partial charge in [-0.1, -0.05) is 19.9 Å². The summed E-state index contributed by atoms with van der Waals surface area (Å²) in [5, 5.41) is 15.4. The topological polar surface area (TPSA) is 136 Å². The van der Waals surface area contributed by atoms with E-state index in [1.807, 2.05) is 13.8 Å². The van der Waals surface area contributed by atoms with E-state index in [0.29, 0.717) is 12.0 Å². The van der Waals surface area contributed by atoms with E-state index in [9.17, 15) is 24.3 Å². The Balaban J connectivity index is 2.29. The molecule has 2 rings (SSSR count). The quantitative estimate of drug-likeness (QED) is 0.290. The molecule has 0 saturated heterocycles. The molecule has 1 amide bonds. The van der Waals surface area contributed by atoms with Gasteiger partial charge in [-0.05, 0) is 46.9 Å². The van der Waals surface area contributed by atoms with Gasteiger partial charge in [0.1, 0.15) is 0 Å². The molecule has 31 heavy (non-hydrogen) atoms. The van der Waals surface area contributed by atoms with E-state index < -0.39 is 29.8 Å². The van der Waals surface area contributed by atoms with Gasteiger partial charge < -0.3 is 20.9 Å². The van der Waals surface area contributed by atoms with E-state index >= 15 is 0 Å². The lowest BCUT2D eigenvalue weighted by Gasteiger charge is -2.23. The fraction of sp³-hybridized carbons (Fsp3) is 0.364. The predicted molar refractivity (Wildman–Crippen MR) is 117 cm³/mol. The minimum atomic E-state index is -1.11. The summed E-state index contributed by atoms with van der Waals surface area (Å²) in [4.78, 5) is 49.1. The molecule has 0 radical (unpaired) electrons. The zero-order chi connectivity index (χ0) is 23.1. The molecule has 0 fully saturated rings. The zero-order valence-electron chi connectivity index (χ0n) is 17.6. The minimum absolute atomic E-state index is 0.0833. The minimum Gasteiger partial charge on any atom is -0.481 e. The highest BCUT2D eigenvalue weighted by Crippen LogP contribution is 2.24. The molecule has 2 atom stereocenters. The number of thiophene rings is 1. The van der Waals surface area contributed by atoms with Gasteiger partial charge in [0, 0.05) is 11.3 Å². The van der Waals surface area contributed by atoms with Crippen LogP contribution in [0.4, 0.5) is 5.69 Å². The number of benzene rings is 1. The van der Waals surface area contributed by atoms with Gasteiger partial charge in [0.2, 0.25) is 5.91 Å². The summed E-state index contributed by atoms with van der Waals surface area (Å²) in [5.74, 6) is -3.44. The Kier molecular flexibility index (Phi) is 8.32. The Labute approximate surface area is 184 Å². The summed E-state index contributed by atoms with van der Waals surface area (Å²) >= 11 is 1.36. The second-order valence-electron chi connectivity index (χ2n) is 7.56. The number of aliphatic carboxylic acids is 1. The van der Waals surface area contributed by atoms with E-state index in [-0.39, 0.29) is 34.9 Å². The standard InChI is InChI=1S/C22H26N2O6S/c1-12(2)8-18(20(27)13-4-5-15(17(23)9-13)22(29)30-3)24-21(28)16(10-19(25)26)14-6-7-31-11-14/h4-7,9,11-12,16,18H,8,10,23H2,1-3H3,(H,24,28)(H,25,26). The molecule has 0 aliphatic heterocycles. The SMILES string of the molecule is COC(=O)c1ccc(C(=O)C(CC(C)C)NC(=O)C(CC(=O)O)c2ccsc2)cc1N. The Hall–Kier alpha value is -3.20. The van der Waals surface area contributed by atoms with Crippen molar-refractivity contribution >= 4 is 40.7 Å². The number of carboxylic acid groups (broad SMARTS) is 1. The lowest BCUT2D eigenvalue weighted by atomic mass is 9.92. The van der Waals surface area contributed by atoms with E-state index in [1.54, 1.807) is 16.8 Å². The van der Waals surface area contributed by atoms with Crippen molar-refractivity contribution in [1.29, 1.82) is 0 Å². The van der Waals surface area contributed by atoms with Gasteiger partial charge in [0.05, 0.1) is 31.1 Å². The summed E-state index contributed by atoms with van der Waals surface area (Å²) < 4.78 is 4.66. The number of hydrogen-bond acceptors (Lipinski definition) is 7. The van der Waals surface area contributed by atoms with E-state index in [0.717, 1.165) is 0 Å². The number of rotatable bonds is 10. The first-order valence-corrected chi connectivity index (χ1v) is 10.6. The van der Waals surface area contributed by atoms with Crippen molar-refractivity contribution in [2.75, 3.05) is 12.8 Å². The number of nitrogens with one attached hydrogen (secondary N) is 1. The zero-order valence-corrected chi connectivity index (χ0v) is 18.4. The Morgan fingerprint density at radius 3 is 2.42 bits per heavy atom. The van der Waals surface area contributed by atoms with Crippen LogP contribution in [0.2, 0.25) is 0 Å². The number of methoxy groups -OCH3 is 1. The maximum absolute atomic E-state index is 13.1. The molecule has 0 bridgehead atoms. The van der Waals surface area contributed by atoms with Gasteiger partial charge in [-0.25, -0.2) is 4.79 Å². The summed E-state index contributed by atoms with van der Waals surface area (Å²) in [7, 11) is 1.23. The van der Waals surface area contributed by atoms with Crippen molar-refractivity contribution in [2.24, 2.45) is 5.92 Å². The molecule has 0 aliphatic rings. The maximum atomic E-state index is 13.1. The van der Waals surface area contributed by atoms with E-state index in [2.05, 4.69) is 10.1 Å². The molecule has 0 saturated carbocycles. The van der Waals surface area contributed by atoms with Crippen LogP contribution in [0.15, 0.2) is 35.0 Å². The summed E-state index contributed by atoms with van der Waals surface area (Å²) in [5.41, 5.74) is 6.96. The Bertz CT molecular complexity index is 955. The van der Waals surface area contributed by atoms with Crippen LogP contribution >= 0.6 is 11.3 Å². The van der Waals surface area contributed by atoms with Gasteiger partial charge in [0.15, 0.2) is 5.78 Å². The second-order valence-corrected chi connectivity index (χ2v) is 8.34. The number of nitrogen functional groups attached to an aromatic ring is 1. The molecule has 1 heterocycles. The van der Waals surface area contributed by atoms with Crippen LogP contribution in [0.1, 0.15) is 58.9 Å². The molecule has 1 aromatic heterocycles. The average Bonchev–Trinajstić information content (AvgIpc) is 3.24. The number of anilines is 1. The molecular weight excluding hydrogens is 420 g/mol. The first kappa shape index (κ1) is 24.1. The van der Waals surface area contributed by atoms with Gasteiger partial charge in [0.25, 0.3) is 0 Å². The van der Waals surface area contributed by atoms with Crippen LogP contribution in [-0.2, 0) is 14.3 Å². The molecule has 1 aromatic carbocycles. The van der Waals surface area contributed by atoms with E-state index in [1.165, 1.54) is 36.6 Å². The van der Waals surface area contributed by atoms with Crippen molar-refractivity contribution in [3.63, 3.8) is 0 Å². The Morgan fingerprint density at radius 1 is 1.19 bits per heavy atom. The largest absolute Gasteiger partial charge is 0.481 e. The summed E-state index contributed by atoms with van der Waals surface area (Å²) in [6.45, 7) is 3.82. The lowest BCUT2D eigenvalue weighted by Crippen LogP contribution is -2.44. The van der Waals surface area contributed by atoms with Crippen LogP contribution in [-0.4, -0.2) is 41.9 Å². The van der Waals surface area contributed by atoms with Crippen molar-refractivity contribution in [2.45, 2.75) is 38.6 Å². The fourth-order valence-corrected chi connectivity index (χ4v) is 3.91. The predicted octanol–water partition coefficient (Wildman–Crippen LogP) is 3.09. The highest BCUT2D eigenvalue weighted by atomic mass is 32.1. The molecule has 8 nitrogen and oxygen atoms in total. The number of Topliss-reactive ketones (excluding diaryl/α,β-unsaturated/α-hetero) is 1. The highest BCUT2D eigenvalue weighted by Gasteiger charge is 2.30. The molecule has 0 spiro atoms. The van der Waals surface area contributed by atoms with Crippen LogP contribution in [0.25, 0.3) is 0 Å². The Morgan fingerprint density at radius 2 is 1.90 bits per heavy atom. The number of ether oxygens (including phenoxy) is 1. The summed E-state index contributed by atoms with van der Waals surface area (Å²) in [6, 6.07) is 5.07. The number of nitrogens with two attached hydrogens (primary N) is 1. The first-order valence-electron chi connectivity index (χ1n) is 9.70. The lowest BCUT2D eigenvalue weighted by molar-refractivity contribution is -0.139. The molecule has 166 valence electrons. The van der Waals surface area contributed by atoms with Gasteiger partial charge in [-0.2, -0.15) is 11.3 Å². The third-order valence-corrected chi connectivity index (χ3v) is 5.42. The monoisotopic (exact) mass is 446 g/mol. The number of carbonyl (C=O) groups excluding carboxylic acids is 3. The second kappa shape index (κ2) is 10.7. The van der Waals surface area contributed by atoms with Crippen LogP contribution in [0.3, 0.4) is 0 Å². The average molecular weight is 447 g/mol. The summed E-state index contributed by atoms with van der Waals surface area (Å²) in [6.07, 6.45) is -0.0292. The van der Waals surface area contributed by atoms with Crippen molar-refractivity contribution in [3.8, 4) is 0 Å². The number of hydrogen-bond donors (Lipinski definition) is 3. The number of carboxylic acids is 1. The van der Waals surface area contributed by atoms with Crippen LogP contribution < -0.4 is 11.1 Å². The molecule has 0 aliphatic carbocycles. The van der Waals surface area contributed by atoms with Crippen molar-refractivity contribution in [1.82, 2.24) is 5.32 Å². The number of esters is 1. The first-order chi connectivity index (χ1) is 14.6. The molecule has 4 N–H and O–H groups in total. The van der Waals surface area contributed by atoms with Crippen molar-refractivity contribution in [3.05, 3.63) is 51.7 Å². The molecular formula is C22H26N2O6S. The van der Waals surface area contributed by atoms with E-state index in [4.69, 9.17) is 5.73 Å². The van der Waals surface area contributed by atoms with Gasteiger partial charge in [-0.3, -0.25) is 14.4 Å². The smallest absolute Gasteiger partial charge is 0.339 e. The fourth-order valence-electron chi connectivity index (χ4n) is 3.20. The number of amides is 1. The van der Waals surface area contributed by atoms with Crippen LogP contribution in [0, 0.1) is 5.92 Å². The third-order valence-electron chi connectivity index (χ3n) is 4.72. The molecule has 9 heteroatoms. The molecule has 2 unspecified atom stereocenters. The number of ketones is 1. The van der Waals surface area contributed by atoms with Crippen molar-refractivity contribution < 1.29 is 29.0 Å². The maximum Gasteiger partial charge on any atom is 0.339 e. The third kappa shape index (κ3) is 6.39. The van der Waals surface area contributed by atoms with Gasteiger partial charge >= 0.3 is 11.9 Å². The number of carbonyl (C=O) groups is 4. The normalized spacial score (nSPS) is 12.8. The van der Waals surface area contributed by atoms with Crippen LogP contribution in [0.5, 0.6) is 0 Å². The molecule has 2 aromatic rings. The highest BCUT2D eigenvalue weighted by molar-refractivity contribution is 7.08. The van der Waals surface area contributed by atoms with Gasteiger partial charge in [-0.15, -0.1) is 0 Å².